The molecule has 3 unspecified atom stereocenters. The van der Waals surface area contributed by atoms with E-state index in [1.165, 1.54) is 38.0 Å². The van der Waals surface area contributed by atoms with Gasteiger partial charge in [0.2, 0.25) is 0 Å². The van der Waals surface area contributed by atoms with Crippen LogP contribution in [-0.4, -0.2) is 37.7 Å². The van der Waals surface area contributed by atoms with Crippen LogP contribution in [0.5, 0.6) is 5.75 Å². The first-order valence-electron chi connectivity index (χ1n) is 6.94. The molecule has 2 saturated heterocycles. The zero-order chi connectivity index (χ0) is 12.4. The molecule has 1 aromatic rings. The zero-order valence-corrected chi connectivity index (χ0v) is 11.1. The van der Waals surface area contributed by atoms with Crippen LogP contribution in [0, 0.1) is 5.92 Å². The Morgan fingerprint density at radius 3 is 3.11 bits per heavy atom. The van der Waals surface area contributed by atoms with E-state index in [2.05, 4.69) is 28.4 Å². The van der Waals surface area contributed by atoms with Gasteiger partial charge in [-0.2, -0.15) is 0 Å². The van der Waals surface area contributed by atoms with Crippen molar-refractivity contribution in [2.75, 3.05) is 26.7 Å². The molecule has 0 aromatic heterocycles. The van der Waals surface area contributed by atoms with E-state index in [1.54, 1.807) is 7.11 Å². The van der Waals surface area contributed by atoms with Crippen molar-refractivity contribution < 1.29 is 4.74 Å². The van der Waals surface area contributed by atoms with Gasteiger partial charge in [-0.05, 0) is 49.5 Å². The maximum absolute atomic E-state index is 5.26. The van der Waals surface area contributed by atoms with Gasteiger partial charge in [0.1, 0.15) is 5.75 Å². The topological polar surface area (TPSA) is 24.5 Å². The second-order valence-corrected chi connectivity index (χ2v) is 5.48. The lowest BCUT2D eigenvalue weighted by Crippen LogP contribution is -2.43. The maximum atomic E-state index is 5.26. The van der Waals surface area contributed by atoms with E-state index in [4.69, 9.17) is 4.74 Å². The van der Waals surface area contributed by atoms with Crippen LogP contribution in [0.15, 0.2) is 24.3 Å². The number of rotatable bonds is 4. The first kappa shape index (κ1) is 12.0. The Kier molecular flexibility index (Phi) is 3.52. The van der Waals surface area contributed by atoms with Crippen LogP contribution < -0.4 is 10.1 Å². The summed E-state index contributed by atoms with van der Waals surface area (Å²) < 4.78 is 5.26. The summed E-state index contributed by atoms with van der Waals surface area (Å²) in [4.78, 5) is 2.59. The molecular weight excluding hydrogens is 224 g/mol. The van der Waals surface area contributed by atoms with Crippen molar-refractivity contribution >= 4 is 0 Å². The minimum atomic E-state index is 0.704. The van der Waals surface area contributed by atoms with Crippen LogP contribution in [0.1, 0.15) is 18.4 Å². The number of fused-ring (bicyclic) bond motifs is 2. The molecule has 0 aliphatic carbocycles. The van der Waals surface area contributed by atoms with Gasteiger partial charge in [-0.25, -0.2) is 0 Å². The van der Waals surface area contributed by atoms with Gasteiger partial charge in [-0.3, -0.25) is 0 Å². The molecule has 0 amide bonds. The van der Waals surface area contributed by atoms with Crippen LogP contribution in [0.3, 0.4) is 0 Å². The Morgan fingerprint density at radius 1 is 1.33 bits per heavy atom. The van der Waals surface area contributed by atoms with E-state index in [0.717, 1.165) is 18.2 Å². The van der Waals surface area contributed by atoms with E-state index >= 15 is 0 Å². The van der Waals surface area contributed by atoms with Crippen molar-refractivity contribution in [2.24, 2.45) is 5.92 Å². The Bertz CT molecular complexity index is 407. The van der Waals surface area contributed by atoms with E-state index in [1.807, 2.05) is 6.07 Å². The molecule has 0 radical (unpaired) electrons. The molecule has 3 heteroatoms. The molecular formula is C15H22N2O. The van der Waals surface area contributed by atoms with Crippen molar-refractivity contribution in [1.29, 1.82) is 0 Å². The summed E-state index contributed by atoms with van der Waals surface area (Å²) in [5.74, 6) is 1.81. The summed E-state index contributed by atoms with van der Waals surface area (Å²) in [7, 11) is 1.72. The second-order valence-electron chi connectivity index (χ2n) is 5.48. The summed E-state index contributed by atoms with van der Waals surface area (Å²) in [5.41, 5.74) is 1.31. The number of hydrogen-bond donors (Lipinski definition) is 1. The smallest absolute Gasteiger partial charge is 0.119 e. The number of piperidine rings is 1. The van der Waals surface area contributed by atoms with Crippen molar-refractivity contribution in [3.05, 3.63) is 29.8 Å². The Morgan fingerprint density at radius 2 is 2.22 bits per heavy atom. The molecule has 3 nitrogen and oxygen atoms in total. The summed E-state index contributed by atoms with van der Waals surface area (Å²) in [5, 5.41) is 3.73. The van der Waals surface area contributed by atoms with E-state index < -0.39 is 0 Å². The number of methoxy groups -OCH3 is 1. The van der Waals surface area contributed by atoms with Gasteiger partial charge in [-0.15, -0.1) is 0 Å². The third kappa shape index (κ3) is 2.52. The fourth-order valence-corrected chi connectivity index (χ4v) is 3.25. The maximum Gasteiger partial charge on any atom is 0.119 e. The van der Waals surface area contributed by atoms with E-state index in [-0.39, 0.29) is 0 Å². The van der Waals surface area contributed by atoms with Gasteiger partial charge in [0, 0.05) is 19.1 Å². The molecule has 0 spiro atoms. The van der Waals surface area contributed by atoms with Gasteiger partial charge < -0.3 is 15.0 Å². The van der Waals surface area contributed by atoms with Crippen molar-refractivity contribution in [3.63, 3.8) is 0 Å². The molecule has 18 heavy (non-hydrogen) atoms. The molecule has 0 saturated carbocycles. The first-order chi connectivity index (χ1) is 8.85. The fourth-order valence-electron chi connectivity index (χ4n) is 3.25. The second kappa shape index (κ2) is 5.29. The third-order valence-electron chi connectivity index (χ3n) is 4.34. The predicted octanol–water partition coefficient (Wildman–Crippen LogP) is 1.88. The number of hydrogen-bond acceptors (Lipinski definition) is 3. The quantitative estimate of drug-likeness (QED) is 0.878. The lowest BCUT2D eigenvalue weighted by atomic mass is 9.94. The SMILES string of the molecule is COc1cccc(CNC2CCN3CCC2C3)c1. The zero-order valence-electron chi connectivity index (χ0n) is 11.1. The highest BCUT2D eigenvalue weighted by Gasteiger charge is 2.33. The number of benzene rings is 1. The van der Waals surface area contributed by atoms with Gasteiger partial charge >= 0.3 is 0 Å². The first-order valence-corrected chi connectivity index (χ1v) is 6.94. The monoisotopic (exact) mass is 246 g/mol. The molecule has 2 fully saturated rings. The average molecular weight is 246 g/mol. The summed E-state index contributed by atoms with van der Waals surface area (Å²) in [6, 6.07) is 9.05. The Hall–Kier alpha value is -1.06. The van der Waals surface area contributed by atoms with Crippen molar-refractivity contribution in [2.45, 2.75) is 25.4 Å². The lowest BCUT2D eigenvalue weighted by molar-refractivity contribution is 0.220. The van der Waals surface area contributed by atoms with E-state index in [0.29, 0.717) is 6.04 Å². The van der Waals surface area contributed by atoms with Crippen LogP contribution in [0.2, 0.25) is 0 Å². The summed E-state index contributed by atoms with van der Waals surface area (Å²) >= 11 is 0. The fraction of sp³-hybridized carbons (Fsp3) is 0.600. The highest BCUT2D eigenvalue weighted by molar-refractivity contribution is 5.28. The highest BCUT2D eigenvalue weighted by atomic mass is 16.5. The van der Waals surface area contributed by atoms with Crippen molar-refractivity contribution in [3.8, 4) is 5.75 Å². The highest BCUT2D eigenvalue weighted by Crippen LogP contribution is 2.27. The van der Waals surface area contributed by atoms with Crippen LogP contribution in [0.25, 0.3) is 0 Å². The Labute approximate surface area is 109 Å². The largest absolute Gasteiger partial charge is 0.497 e. The Balaban J connectivity index is 1.57. The van der Waals surface area contributed by atoms with Gasteiger partial charge in [0.15, 0.2) is 0 Å². The van der Waals surface area contributed by atoms with E-state index in [9.17, 15) is 0 Å². The normalized spacial score (nSPS) is 30.4. The third-order valence-corrected chi connectivity index (χ3v) is 4.34. The van der Waals surface area contributed by atoms with Gasteiger partial charge in [0.25, 0.3) is 0 Å². The van der Waals surface area contributed by atoms with Gasteiger partial charge in [0.05, 0.1) is 7.11 Å². The molecule has 3 rings (SSSR count). The summed E-state index contributed by atoms with van der Waals surface area (Å²) in [6.45, 7) is 4.84. The average Bonchev–Trinajstić information content (AvgIpc) is 2.81. The van der Waals surface area contributed by atoms with Crippen LogP contribution >= 0.6 is 0 Å². The molecule has 1 aromatic carbocycles. The molecule has 1 N–H and O–H groups in total. The predicted molar refractivity (Wildman–Crippen MR) is 72.8 cm³/mol. The lowest BCUT2D eigenvalue weighted by Gasteiger charge is -2.31. The molecule has 2 aliphatic heterocycles. The summed E-state index contributed by atoms with van der Waals surface area (Å²) in [6.07, 6.45) is 2.67. The van der Waals surface area contributed by atoms with Gasteiger partial charge in [-0.1, -0.05) is 12.1 Å². The van der Waals surface area contributed by atoms with Crippen LogP contribution in [0.4, 0.5) is 0 Å². The molecule has 3 atom stereocenters. The standard InChI is InChI=1S/C15H22N2O/c1-18-14-4-2-3-12(9-14)10-16-15-6-8-17-7-5-13(15)11-17/h2-4,9,13,15-16H,5-8,10-11H2,1H3. The molecule has 2 bridgehead atoms. The molecule has 2 aliphatic rings. The molecule has 2 heterocycles. The number of nitrogens with one attached hydrogen (secondary N) is 1. The van der Waals surface area contributed by atoms with Crippen molar-refractivity contribution in [1.82, 2.24) is 10.2 Å². The minimum Gasteiger partial charge on any atom is -0.497 e. The number of nitrogens with zero attached hydrogens (tertiary/aromatic N) is 1. The number of ether oxygens (including phenoxy) is 1. The minimum absolute atomic E-state index is 0.704. The molecule has 98 valence electrons. The van der Waals surface area contributed by atoms with Crippen LogP contribution in [-0.2, 0) is 6.54 Å².